The van der Waals surface area contributed by atoms with Gasteiger partial charge in [0.2, 0.25) is 0 Å². The molecule has 4 nitrogen and oxygen atoms in total. The lowest BCUT2D eigenvalue weighted by atomic mass is 10.1. The molecule has 0 aliphatic carbocycles. The van der Waals surface area contributed by atoms with Gasteiger partial charge >= 0.3 is 0 Å². The van der Waals surface area contributed by atoms with Crippen LogP contribution in [-0.2, 0) is 0 Å². The number of nitrogens with one attached hydrogen (secondary N) is 1. The van der Waals surface area contributed by atoms with Gasteiger partial charge in [0, 0.05) is 18.0 Å². The lowest BCUT2D eigenvalue weighted by Gasteiger charge is -2.04. The van der Waals surface area contributed by atoms with E-state index in [-0.39, 0.29) is 12.5 Å². The van der Waals surface area contributed by atoms with Gasteiger partial charge in [-0.05, 0) is 36.8 Å². The Balaban J connectivity index is 2.29. The summed E-state index contributed by atoms with van der Waals surface area (Å²) < 4.78 is 0. The van der Waals surface area contributed by atoms with Crippen molar-refractivity contribution in [2.75, 3.05) is 6.54 Å². The van der Waals surface area contributed by atoms with Crippen molar-refractivity contribution >= 4 is 5.91 Å². The fourth-order valence-electron chi connectivity index (χ4n) is 1.62. The molecular weight excluding hydrogens is 238 g/mol. The second kappa shape index (κ2) is 5.78. The summed E-state index contributed by atoms with van der Waals surface area (Å²) >= 11 is 0. The third-order valence-corrected chi connectivity index (χ3v) is 2.55. The molecule has 0 unspecified atom stereocenters. The SMILES string of the molecule is C#CCNC(=O)c1ccnc(-c2cc(C)ccn2)c1. The van der Waals surface area contributed by atoms with Crippen molar-refractivity contribution in [1.82, 2.24) is 15.3 Å². The summed E-state index contributed by atoms with van der Waals surface area (Å²) in [4.78, 5) is 20.3. The second-order valence-electron chi connectivity index (χ2n) is 4.03. The van der Waals surface area contributed by atoms with Crippen molar-refractivity contribution in [1.29, 1.82) is 0 Å². The van der Waals surface area contributed by atoms with Crippen LogP contribution in [0.1, 0.15) is 15.9 Å². The van der Waals surface area contributed by atoms with E-state index in [2.05, 4.69) is 21.2 Å². The molecule has 0 aromatic carbocycles. The van der Waals surface area contributed by atoms with E-state index in [0.717, 1.165) is 11.3 Å². The van der Waals surface area contributed by atoms with Gasteiger partial charge in [0.25, 0.3) is 5.91 Å². The van der Waals surface area contributed by atoms with E-state index >= 15 is 0 Å². The van der Waals surface area contributed by atoms with Crippen molar-refractivity contribution < 1.29 is 4.79 Å². The number of hydrogen-bond donors (Lipinski definition) is 1. The monoisotopic (exact) mass is 251 g/mol. The fourth-order valence-corrected chi connectivity index (χ4v) is 1.62. The maximum Gasteiger partial charge on any atom is 0.252 e. The normalized spacial score (nSPS) is 9.68. The molecule has 2 aromatic rings. The summed E-state index contributed by atoms with van der Waals surface area (Å²) in [5, 5.41) is 2.62. The minimum Gasteiger partial charge on any atom is -0.341 e. The van der Waals surface area contributed by atoms with Crippen LogP contribution in [0.15, 0.2) is 36.7 Å². The van der Waals surface area contributed by atoms with Crippen LogP contribution in [-0.4, -0.2) is 22.4 Å². The summed E-state index contributed by atoms with van der Waals surface area (Å²) in [7, 11) is 0. The summed E-state index contributed by atoms with van der Waals surface area (Å²) in [6.07, 6.45) is 8.41. The van der Waals surface area contributed by atoms with Crippen LogP contribution in [0.4, 0.5) is 0 Å². The first-order chi connectivity index (χ1) is 9.20. The standard InChI is InChI=1S/C15H13N3O/c1-3-6-18-15(19)12-5-8-17-14(10-12)13-9-11(2)4-7-16-13/h1,4-5,7-10H,6H2,2H3,(H,18,19). The number of aryl methyl sites for hydroxylation is 1. The van der Waals surface area contributed by atoms with Crippen molar-refractivity contribution in [2.24, 2.45) is 0 Å². The molecule has 0 saturated heterocycles. The van der Waals surface area contributed by atoms with Crippen LogP contribution in [0.25, 0.3) is 11.4 Å². The van der Waals surface area contributed by atoms with Gasteiger partial charge in [-0.2, -0.15) is 0 Å². The molecular formula is C15H13N3O. The van der Waals surface area contributed by atoms with Gasteiger partial charge in [-0.1, -0.05) is 5.92 Å². The Morgan fingerprint density at radius 3 is 2.63 bits per heavy atom. The largest absolute Gasteiger partial charge is 0.341 e. The van der Waals surface area contributed by atoms with Crippen molar-refractivity contribution in [3.05, 3.63) is 47.8 Å². The zero-order valence-corrected chi connectivity index (χ0v) is 10.6. The Labute approximate surface area is 111 Å². The first-order valence-electron chi connectivity index (χ1n) is 5.81. The number of carbonyl (C=O) groups is 1. The van der Waals surface area contributed by atoms with Crippen LogP contribution in [0.5, 0.6) is 0 Å². The predicted octanol–water partition coefficient (Wildman–Crippen LogP) is 1.82. The average molecular weight is 251 g/mol. The smallest absolute Gasteiger partial charge is 0.252 e. The quantitative estimate of drug-likeness (QED) is 0.846. The Bertz CT molecular complexity index is 644. The highest BCUT2D eigenvalue weighted by molar-refractivity contribution is 5.95. The second-order valence-corrected chi connectivity index (χ2v) is 4.03. The van der Waals surface area contributed by atoms with Gasteiger partial charge in [0.15, 0.2) is 0 Å². The van der Waals surface area contributed by atoms with Crippen molar-refractivity contribution in [3.63, 3.8) is 0 Å². The zero-order chi connectivity index (χ0) is 13.7. The fraction of sp³-hybridized carbons (Fsp3) is 0.133. The van der Waals surface area contributed by atoms with Crippen LogP contribution >= 0.6 is 0 Å². The molecule has 0 spiro atoms. The van der Waals surface area contributed by atoms with Gasteiger partial charge < -0.3 is 5.32 Å². The number of terminal acetylenes is 1. The number of hydrogen-bond acceptors (Lipinski definition) is 3. The van der Waals surface area contributed by atoms with E-state index in [9.17, 15) is 4.79 Å². The molecule has 0 bridgehead atoms. The minimum absolute atomic E-state index is 0.208. The van der Waals surface area contributed by atoms with Crippen LogP contribution in [0.2, 0.25) is 0 Å². The number of aromatic nitrogens is 2. The van der Waals surface area contributed by atoms with E-state index in [1.165, 1.54) is 0 Å². The van der Waals surface area contributed by atoms with Gasteiger partial charge in [0.1, 0.15) is 0 Å². The summed E-state index contributed by atoms with van der Waals surface area (Å²) in [5.74, 6) is 2.15. The lowest BCUT2D eigenvalue weighted by Crippen LogP contribution is -2.23. The molecule has 19 heavy (non-hydrogen) atoms. The lowest BCUT2D eigenvalue weighted by molar-refractivity contribution is 0.0958. The van der Waals surface area contributed by atoms with Crippen LogP contribution < -0.4 is 5.32 Å². The van der Waals surface area contributed by atoms with Crippen LogP contribution in [0, 0.1) is 19.3 Å². The molecule has 1 N–H and O–H groups in total. The van der Waals surface area contributed by atoms with E-state index in [4.69, 9.17) is 6.42 Å². The molecule has 94 valence electrons. The number of amides is 1. The third-order valence-electron chi connectivity index (χ3n) is 2.55. The van der Waals surface area contributed by atoms with E-state index in [0.29, 0.717) is 11.3 Å². The number of carbonyl (C=O) groups excluding carboxylic acids is 1. The Hall–Kier alpha value is -2.67. The Morgan fingerprint density at radius 2 is 1.95 bits per heavy atom. The molecule has 0 fully saturated rings. The Morgan fingerprint density at radius 1 is 1.26 bits per heavy atom. The van der Waals surface area contributed by atoms with Crippen molar-refractivity contribution in [3.8, 4) is 23.7 Å². The maximum absolute atomic E-state index is 11.8. The van der Waals surface area contributed by atoms with Crippen LogP contribution in [0.3, 0.4) is 0 Å². The molecule has 1 amide bonds. The molecule has 0 aliphatic heterocycles. The minimum atomic E-state index is -0.214. The van der Waals surface area contributed by atoms with E-state index < -0.39 is 0 Å². The summed E-state index contributed by atoms with van der Waals surface area (Å²) in [6.45, 7) is 2.19. The molecule has 0 radical (unpaired) electrons. The predicted molar refractivity (Wildman–Crippen MR) is 73.4 cm³/mol. The highest BCUT2D eigenvalue weighted by Gasteiger charge is 2.07. The summed E-state index contributed by atoms with van der Waals surface area (Å²) in [5.41, 5.74) is 3.01. The Kier molecular flexibility index (Phi) is 3.89. The van der Waals surface area contributed by atoms with Gasteiger partial charge in [-0.3, -0.25) is 14.8 Å². The maximum atomic E-state index is 11.8. The topological polar surface area (TPSA) is 54.9 Å². The number of pyridine rings is 2. The molecule has 2 heterocycles. The van der Waals surface area contributed by atoms with Gasteiger partial charge in [-0.25, -0.2) is 0 Å². The first kappa shape index (κ1) is 12.8. The van der Waals surface area contributed by atoms with E-state index in [1.807, 2.05) is 19.1 Å². The molecule has 0 atom stereocenters. The van der Waals surface area contributed by atoms with E-state index in [1.54, 1.807) is 24.5 Å². The number of nitrogens with zero attached hydrogens (tertiary/aromatic N) is 2. The molecule has 2 rings (SSSR count). The highest BCUT2D eigenvalue weighted by Crippen LogP contribution is 2.16. The zero-order valence-electron chi connectivity index (χ0n) is 10.6. The van der Waals surface area contributed by atoms with Gasteiger partial charge in [0.05, 0.1) is 17.9 Å². The third kappa shape index (κ3) is 3.17. The molecule has 2 aromatic heterocycles. The molecule has 4 heteroatoms. The number of rotatable bonds is 3. The molecule has 0 saturated carbocycles. The average Bonchev–Trinajstić information content (AvgIpc) is 2.45. The summed E-state index contributed by atoms with van der Waals surface area (Å²) in [6, 6.07) is 7.18. The molecule has 0 aliphatic rings. The van der Waals surface area contributed by atoms with Crippen molar-refractivity contribution in [2.45, 2.75) is 6.92 Å². The first-order valence-corrected chi connectivity index (χ1v) is 5.81. The highest BCUT2D eigenvalue weighted by atomic mass is 16.1. The van der Waals surface area contributed by atoms with Gasteiger partial charge in [-0.15, -0.1) is 6.42 Å².